The molecule has 0 aromatic rings. The number of carbonyl (C=O) groups is 1. The molecule has 0 aromatic heterocycles. The zero-order valence-electron chi connectivity index (χ0n) is 11.6. The van der Waals surface area contributed by atoms with Crippen LogP contribution < -0.4 is 5.32 Å². The van der Waals surface area contributed by atoms with Crippen LogP contribution in [-0.4, -0.2) is 44.0 Å². The molecule has 0 saturated heterocycles. The summed E-state index contributed by atoms with van der Waals surface area (Å²) >= 11 is 0. The van der Waals surface area contributed by atoms with Gasteiger partial charge in [-0.1, -0.05) is 6.92 Å². The summed E-state index contributed by atoms with van der Waals surface area (Å²) < 4.78 is 45.8. The van der Waals surface area contributed by atoms with Crippen LogP contribution in [0.25, 0.3) is 0 Å². The monoisotopic (exact) mass is 285 g/mol. The van der Waals surface area contributed by atoms with Crippen molar-refractivity contribution in [1.82, 2.24) is 5.32 Å². The third-order valence-corrected chi connectivity index (χ3v) is 2.43. The van der Waals surface area contributed by atoms with Gasteiger partial charge in [-0.25, -0.2) is 4.79 Å². The van der Waals surface area contributed by atoms with E-state index in [1.54, 1.807) is 13.8 Å². The summed E-state index contributed by atoms with van der Waals surface area (Å²) in [5.74, 6) is -0.465. The molecule has 0 radical (unpaired) electrons. The van der Waals surface area contributed by atoms with E-state index in [0.29, 0.717) is 6.54 Å². The first-order chi connectivity index (χ1) is 8.75. The Hall–Kier alpha value is -0.820. The molecule has 0 saturated carbocycles. The molecule has 0 aromatic carbocycles. The Kier molecular flexibility index (Phi) is 8.01. The number of carbonyl (C=O) groups excluding carboxylic acids is 1. The standard InChI is InChI=1S/C12H22F3NO3/c1-4-16-11(3,10(17)19-5-2)9-18-8-6-7-12(13,14)15/h16H,4-9H2,1-3H3. The van der Waals surface area contributed by atoms with Crippen LogP contribution in [-0.2, 0) is 14.3 Å². The molecule has 4 nitrogen and oxygen atoms in total. The van der Waals surface area contributed by atoms with E-state index >= 15 is 0 Å². The molecule has 1 atom stereocenters. The van der Waals surface area contributed by atoms with Crippen molar-refractivity contribution < 1.29 is 27.4 Å². The molecular formula is C12H22F3NO3. The molecule has 1 unspecified atom stereocenters. The van der Waals surface area contributed by atoms with E-state index in [1.165, 1.54) is 0 Å². The van der Waals surface area contributed by atoms with Crippen LogP contribution in [0.2, 0.25) is 0 Å². The Labute approximate surface area is 111 Å². The maximum atomic E-state index is 11.9. The maximum absolute atomic E-state index is 11.9. The van der Waals surface area contributed by atoms with Gasteiger partial charge < -0.3 is 14.8 Å². The average Bonchev–Trinajstić information content (AvgIpc) is 2.27. The summed E-state index contributed by atoms with van der Waals surface area (Å²) in [5.41, 5.74) is -1.02. The first kappa shape index (κ1) is 18.2. The van der Waals surface area contributed by atoms with E-state index in [2.05, 4.69) is 5.32 Å². The summed E-state index contributed by atoms with van der Waals surface area (Å²) in [5, 5.41) is 2.93. The highest BCUT2D eigenvalue weighted by Crippen LogP contribution is 2.21. The van der Waals surface area contributed by atoms with Crippen LogP contribution >= 0.6 is 0 Å². The van der Waals surface area contributed by atoms with Crippen molar-refractivity contribution in [1.29, 1.82) is 0 Å². The molecule has 0 spiro atoms. The molecule has 0 amide bonds. The lowest BCUT2D eigenvalue weighted by molar-refractivity contribution is -0.154. The zero-order valence-corrected chi connectivity index (χ0v) is 11.6. The highest BCUT2D eigenvalue weighted by Gasteiger charge is 2.34. The number of hydrogen-bond donors (Lipinski definition) is 1. The van der Waals surface area contributed by atoms with Crippen LogP contribution in [0, 0.1) is 0 Å². The van der Waals surface area contributed by atoms with Gasteiger partial charge in [0.05, 0.1) is 13.2 Å². The summed E-state index contributed by atoms with van der Waals surface area (Å²) in [6.45, 7) is 5.83. The van der Waals surface area contributed by atoms with Crippen molar-refractivity contribution in [3.63, 3.8) is 0 Å². The highest BCUT2D eigenvalue weighted by molar-refractivity contribution is 5.80. The summed E-state index contributed by atoms with van der Waals surface area (Å²) in [7, 11) is 0. The lowest BCUT2D eigenvalue weighted by Crippen LogP contribution is -2.54. The van der Waals surface area contributed by atoms with Gasteiger partial charge >= 0.3 is 12.1 Å². The van der Waals surface area contributed by atoms with E-state index < -0.39 is 24.1 Å². The molecule has 114 valence electrons. The fraction of sp³-hybridized carbons (Fsp3) is 0.917. The molecule has 0 aliphatic carbocycles. The quantitative estimate of drug-likeness (QED) is 0.521. The van der Waals surface area contributed by atoms with Crippen LogP contribution in [0.15, 0.2) is 0 Å². The smallest absolute Gasteiger partial charge is 0.389 e. The van der Waals surface area contributed by atoms with Crippen molar-refractivity contribution >= 4 is 5.97 Å². The molecule has 0 fully saturated rings. The molecule has 7 heteroatoms. The van der Waals surface area contributed by atoms with Gasteiger partial charge in [-0.15, -0.1) is 0 Å². The van der Waals surface area contributed by atoms with Gasteiger partial charge in [-0.05, 0) is 26.8 Å². The van der Waals surface area contributed by atoms with Gasteiger partial charge in [0.15, 0.2) is 0 Å². The third-order valence-electron chi connectivity index (χ3n) is 2.43. The van der Waals surface area contributed by atoms with E-state index in [4.69, 9.17) is 9.47 Å². The minimum absolute atomic E-state index is 0.0163. The van der Waals surface area contributed by atoms with Crippen molar-refractivity contribution in [3.8, 4) is 0 Å². The molecule has 0 heterocycles. The largest absolute Gasteiger partial charge is 0.465 e. The number of nitrogens with one attached hydrogen (secondary N) is 1. The predicted molar refractivity (Wildman–Crippen MR) is 64.8 cm³/mol. The zero-order chi connectivity index (χ0) is 14.9. The fourth-order valence-corrected chi connectivity index (χ4v) is 1.51. The summed E-state index contributed by atoms with van der Waals surface area (Å²) in [4.78, 5) is 11.7. The Bertz CT molecular complexity index is 271. The molecule has 0 rings (SSSR count). The number of alkyl halides is 3. The second kappa shape index (κ2) is 8.37. The van der Waals surface area contributed by atoms with E-state index in [1.807, 2.05) is 6.92 Å². The van der Waals surface area contributed by atoms with E-state index in [-0.39, 0.29) is 26.2 Å². The lowest BCUT2D eigenvalue weighted by Gasteiger charge is -2.27. The Morgan fingerprint density at radius 1 is 1.26 bits per heavy atom. The second-order valence-electron chi connectivity index (χ2n) is 4.35. The van der Waals surface area contributed by atoms with Crippen molar-refractivity contribution in [3.05, 3.63) is 0 Å². The van der Waals surface area contributed by atoms with Crippen molar-refractivity contribution in [2.75, 3.05) is 26.4 Å². The molecule has 1 N–H and O–H groups in total. The maximum Gasteiger partial charge on any atom is 0.389 e. The Morgan fingerprint density at radius 3 is 2.37 bits per heavy atom. The second-order valence-corrected chi connectivity index (χ2v) is 4.35. The number of likely N-dealkylation sites (N-methyl/N-ethyl adjacent to an activating group) is 1. The van der Waals surface area contributed by atoms with Gasteiger partial charge in [-0.2, -0.15) is 13.2 Å². The normalized spacial score (nSPS) is 15.1. The number of esters is 1. The third kappa shape index (κ3) is 8.05. The SMILES string of the molecule is CCNC(C)(COCCCC(F)(F)F)C(=O)OCC. The first-order valence-corrected chi connectivity index (χ1v) is 6.32. The van der Waals surface area contributed by atoms with Crippen LogP contribution in [0.5, 0.6) is 0 Å². The van der Waals surface area contributed by atoms with Crippen LogP contribution in [0.1, 0.15) is 33.6 Å². The van der Waals surface area contributed by atoms with Crippen molar-refractivity contribution in [2.45, 2.75) is 45.3 Å². The van der Waals surface area contributed by atoms with Gasteiger partial charge in [0.25, 0.3) is 0 Å². The average molecular weight is 285 g/mol. The fourth-order valence-electron chi connectivity index (χ4n) is 1.51. The Morgan fingerprint density at radius 2 is 1.89 bits per heavy atom. The molecule has 0 aliphatic rings. The Balaban J connectivity index is 4.11. The minimum atomic E-state index is -4.17. The number of ether oxygens (including phenoxy) is 2. The number of halogens is 3. The van der Waals surface area contributed by atoms with E-state index in [9.17, 15) is 18.0 Å². The molecular weight excluding hydrogens is 263 g/mol. The summed E-state index contributed by atoms with van der Waals surface area (Å²) in [6.07, 6.45) is -5.17. The van der Waals surface area contributed by atoms with Crippen molar-refractivity contribution in [2.24, 2.45) is 0 Å². The molecule has 19 heavy (non-hydrogen) atoms. The topological polar surface area (TPSA) is 47.6 Å². The van der Waals surface area contributed by atoms with Gasteiger partial charge in [-0.3, -0.25) is 0 Å². The molecule has 0 bridgehead atoms. The van der Waals surface area contributed by atoms with Crippen LogP contribution in [0.4, 0.5) is 13.2 Å². The minimum Gasteiger partial charge on any atom is -0.465 e. The number of rotatable bonds is 9. The van der Waals surface area contributed by atoms with Gasteiger partial charge in [0.1, 0.15) is 5.54 Å². The predicted octanol–water partition coefficient (Wildman–Crippen LogP) is 2.28. The first-order valence-electron chi connectivity index (χ1n) is 6.32. The lowest BCUT2D eigenvalue weighted by atomic mass is 10.0. The highest BCUT2D eigenvalue weighted by atomic mass is 19.4. The summed E-state index contributed by atoms with van der Waals surface area (Å²) in [6, 6.07) is 0. The number of hydrogen-bond acceptors (Lipinski definition) is 4. The van der Waals surface area contributed by atoms with Crippen LogP contribution in [0.3, 0.4) is 0 Å². The van der Waals surface area contributed by atoms with E-state index in [0.717, 1.165) is 0 Å². The van der Waals surface area contributed by atoms with Gasteiger partial charge in [0.2, 0.25) is 0 Å². The van der Waals surface area contributed by atoms with Gasteiger partial charge in [0, 0.05) is 13.0 Å². The molecule has 0 aliphatic heterocycles.